The van der Waals surface area contributed by atoms with Crippen LogP contribution in [0.2, 0.25) is 0 Å². The zero-order chi connectivity index (χ0) is 24.5. The number of fused-ring (bicyclic) bond motifs is 11. The number of allylic oxidation sites excluding steroid dienone is 1. The topological polar surface area (TPSA) is 18.1 Å². The molecule has 2 heterocycles. The first-order chi connectivity index (χ1) is 18.3. The molecule has 2 heteroatoms. The average molecular weight is 474 g/mol. The van der Waals surface area contributed by atoms with Crippen LogP contribution in [0, 0.1) is 0 Å². The second-order valence-electron chi connectivity index (χ2n) is 9.71. The van der Waals surface area contributed by atoms with Crippen LogP contribution < -0.4 is 0 Å². The van der Waals surface area contributed by atoms with Crippen molar-refractivity contribution in [1.82, 2.24) is 4.57 Å². The molecule has 6 aromatic carbocycles. The van der Waals surface area contributed by atoms with Gasteiger partial charge in [-0.15, -0.1) is 0 Å². The van der Waals surface area contributed by atoms with Crippen molar-refractivity contribution in [1.29, 1.82) is 0 Å². The summed E-state index contributed by atoms with van der Waals surface area (Å²) in [5.74, 6) is 0. The Labute approximate surface area is 213 Å². The number of rotatable bonds is 2. The summed E-state index contributed by atoms with van der Waals surface area (Å²) in [7, 11) is 0. The van der Waals surface area contributed by atoms with Crippen molar-refractivity contribution in [3.05, 3.63) is 121 Å². The van der Waals surface area contributed by atoms with Gasteiger partial charge in [0.25, 0.3) is 0 Å². The Morgan fingerprint density at radius 3 is 2.03 bits per heavy atom. The van der Waals surface area contributed by atoms with Crippen molar-refractivity contribution >= 4 is 71.4 Å². The second-order valence-corrected chi connectivity index (χ2v) is 9.71. The number of para-hydroxylation sites is 1. The fourth-order valence-corrected chi connectivity index (χ4v) is 6.09. The van der Waals surface area contributed by atoms with Crippen molar-refractivity contribution in [3.8, 4) is 5.69 Å². The molecule has 0 N–H and O–H groups in total. The lowest BCUT2D eigenvalue weighted by Gasteiger charge is -2.07. The molecule has 8 aromatic rings. The van der Waals surface area contributed by atoms with E-state index in [1.165, 1.54) is 43.4 Å². The fourth-order valence-electron chi connectivity index (χ4n) is 6.09. The van der Waals surface area contributed by atoms with E-state index in [0.29, 0.717) is 0 Å². The normalized spacial score (nSPS) is 12.4. The number of furan rings is 1. The zero-order valence-electron chi connectivity index (χ0n) is 20.4. The Hall–Kier alpha value is -4.82. The molecule has 0 spiro atoms. The van der Waals surface area contributed by atoms with Crippen molar-refractivity contribution < 1.29 is 4.42 Å². The van der Waals surface area contributed by atoms with Crippen LogP contribution in [0.1, 0.15) is 12.5 Å². The van der Waals surface area contributed by atoms with Gasteiger partial charge < -0.3 is 8.98 Å². The van der Waals surface area contributed by atoms with Gasteiger partial charge in [-0.1, -0.05) is 84.9 Å². The Morgan fingerprint density at radius 2 is 1.24 bits per heavy atom. The lowest BCUT2D eigenvalue weighted by Crippen LogP contribution is -1.92. The standard InChI is InChI=1S/C35H23NO/c1-2-10-22-17-18-31-28(19-22)29-20-30-33(21-32(29)36(31)23-11-4-3-5-12-23)37-35-27-16-9-7-14-25(27)24-13-6-8-15-26(24)34(30)35/h2-21H,1H3/b10-2+. The molecule has 0 fully saturated rings. The number of nitrogens with zero attached hydrogens (tertiary/aromatic N) is 1. The smallest absolute Gasteiger partial charge is 0.143 e. The molecule has 0 unspecified atom stereocenters. The van der Waals surface area contributed by atoms with E-state index < -0.39 is 0 Å². The van der Waals surface area contributed by atoms with Gasteiger partial charge in [-0.05, 0) is 59.0 Å². The molecule has 0 aliphatic rings. The van der Waals surface area contributed by atoms with Crippen LogP contribution in [0.15, 0.2) is 120 Å². The van der Waals surface area contributed by atoms with E-state index >= 15 is 0 Å². The quantitative estimate of drug-likeness (QED) is 0.228. The average Bonchev–Trinajstić information content (AvgIpc) is 3.48. The third-order valence-corrected chi connectivity index (χ3v) is 7.63. The number of aromatic nitrogens is 1. The largest absolute Gasteiger partial charge is 0.455 e. The van der Waals surface area contributed by atoms with Crippen molar-refractivity contribution in [2.24, 2.45) is 0 Å². The molecule has 174 valence electrons. The van der Waals surface area contributed by atoms with Gasteiger partial charge >= 0.3 is 0 Å². The molecule has 0 amide bonds. The van der Waals surface area contributed by atoms with E-state index in [9.17, 15) is 0 Å². The first-order valence-electron chi connectivity index (χ1n) is 12.7. The minimum absolute atomic E-state index is 0.915. The van der Waals surface area contributed by atoms with Crippen LogP contribution in [-0.4, -0.2) is 4.57 Å². The molecule has 0 saturated carbocycles. The van der Waals surface area contributed by atoms with Crippen molar-refractivity contribution in [2.75, 3.05) is 0 Å². The minimum Gasteiger partial charge on any atom is -0.455 e. The molecule has 0 atom stereocenters. The lowest BCUT2D eigenvalue weighted by atomic mass is 9.96. The predicted molar refractivity (Wildman–Crippen MR) is 158 cm³/mol. The summed E-state index contributed by atoms with van der Waals surface area (Å²) in [6.07, 6.45) is 4.26. The summed E-state index contributed by atoms with van der Waals surface area (Å²) in [4.78, 5) is 0. The molecule has 0 aliphatic carbocycles. The van der Waals surface area contributed by atoms with Gasteiger partial charge in [0.2, 0.25) is 0 Å². The maximum absolute atomic E-state index is 6.71. The first kappa shape index (κ1) is 20.4. The third-order valence-electron chi connectivity index (χ3n) is 7.63. The van der Waals surface area contributed by atoms with E-state index in [4.69, 9.17) is 4.42 Å². The maximum atomic E-state index is 6.71. The molecule has 0 saturated heterocycles. The third kappa shape index (κ3) is 2.81. The highest BCUT2D eigenvalue weighted by atomic mass is 16.3. The Morgan fingerprint density at radius 1 is 0.568 bits per heavy atom. The van der Waals surface area contributed by atoms with E-state index in [0.717, 1.165) is 33.1 Å². The van der Waals surface area contributed by atoms with Gasteiger partial charge in [0.15, 0.2) is 0 Å². The van der Waals surface area contributed by atoms with Crippen LogP contribution in [-0.2, 0) is 0 Å². The molecular formula is C35H23NO. The van der Waals surface area contributed by atoms with Gasteiger partial charge in [-0.2, -0.15) is 0 Å². The number of benzene rings is 6. The maximum Gasteiger partial charge on any atom is 0.143 e. The molecule has 37 heavy (non-hydrogen) atoms. The van der Waals surface area contributed by atoms with Gasteiger partial charge in [0, 0.05) is 38.7 Å². The van der Waals surface area contributed by atoms with Crippen LogP contribution in [0.3, 0.4) is 0 Å². The van der Waals surface area contributed by atoms with Crippen molar-refractivity contribution in [2.45, 2.75) is 6.92 Å². The Bertz CT molecular complexity index is 2190. The monoisotopic (exact) mass is 473 g/mol. The van der Waals surface area contributed by atoms with Crippen LogP contribution in [0.5, 0.6) is 0 Å². The van der Waals surface area contributed by atoms with E-state index in [1.807, 2.05) is 0 Å². The highest BCUT2D eigenvalue weighted by Crippen LogP contribution is 2.43. The Balaban J connectivity index is 1.60. The Kier molecular flexibility index (Phi) is 4.18. The summed E-state index contributed by atoms with van der Waals surface area (Å²) in [5.41, 5.74) is 6.57. The zero-order valence-corrected chi connectivity index (χ0v) is 20.4. The molecule has 2 nitrogen and oxygen atoms in total. The van der Waals surface area contributed by atoms with Crippen LogP contribution in [0.4, 0.5) is 0 Å². The first-order valence-corrected chi connectivity index (χ1v) is 12.7. The van der Waals surface area contributed by atoms with Gasteiger partial charge in [-0.3, -0.25) is 0 Å². The van der Waals surface area contributed by atoms with Gasteiger partial charge in [0.05, 0.1) is 11.0 Å². The van der Waals surface area contributed by atoms with E-state index in [2.05, 4.69) is 133 Å². The molecule has 2 aromatic heterocycles. The minimum atomic E-state index is 0.915. The van der Waals surface area contributed by atoms with E-state index in [1.54, 1.807) is 0 Å². The van der Waals surface area contributed by atoms with Crippen molar-refractivity contribution in [3.63, 3.8) is 0 Å². The number of hydrogen-bond donors (Lipinski definition) is 0. The summed E-state index contributed by atoms with van der Waals surface area (Å²) in [6, 6.07) is 39.2. The lowest BCUT2D eigenvalue weighted by molar-refractivity contribution is 0.673. The summed E-state index contributed by atoms with van der Waals surface area (Å²) in [5, 5.41) is 9.71. The molecule has 0 aliphatic heterocycles. The molecule has 0 radical (unpaired) electrons. The predicted octanol–water partition coefficient (Wildman–Crippen LogP) is 10.0. The second kappa shape index (κ2) is 7.59. The number of hydrogen-bond acceptors (Lipinski definition) is 1. The summed E-state index contributed by atoms with van der Waals surface area (Å²) < 4.78 is 9.06. The molecule has 8 rings (SSSR count). The SMILES string of the molecule is C/C=C/c1ccc2c(c1)c1cc3c(cc1n2-c1ccccc1)oc1c2ccccc2c2ccccc2c31. The van der Waals surface area contributed by atoms with Crippen LogP contribution >= 0.6 is 0 Å². The fraction of sp³-hybridized carbons (Fsp3) is 0.0286. The highest BCUT2D eigenvalue weighted by Gasteiger charge is 2.19. The van der Waals surface area contributed by atoms with Crippen LogP contribution in [0.25, 0.3) is 77.1 Å². The highest BCUT2D eigenvalue weighted by molar-refractivity contribution is 6.31. The molecule has 0 bridgehead atoms. The van der Waals surface area contributed by atoms with Gasteiger partial charge in [0.1, 0.15) is 11.2 Å². The molecular weight excluding hydrogens is 450 g/mol. The van der Waals surface area contributed by atoms with Gasteiger partial charge in [-0.25, -0.2) is 0 Å². The summed E-state index contributed by atoms with van der Waals surface area (Å²) in [6.45, 7) is 2.06. The van der Waals surface area contributed by atoms with E-state index in [-0.39, 0.29) is 0 Å². The summed E-state index contributed by atoms with van der Waals surface area (Å²) >= 11 is 0.